The van der Waals surface area contributed by atoms with E-state index in [2.05, 4.69) is 12.2 Å². The van der Waals surface area contributed by atoms with Crippen molar-refractivity contribution in [3.8, 4) is 0 Å². The standard InChI is InChI=1S/C10H19NO/c1-10(5-2-6-11-8-10)12-7-9-3-4-9/h9,11H,2-8H2,1H3. The smallest absolute Gasteiger partial charge is 0.0778 e. The summed E-state index contributed by atoms with van der Waals surface area (Å²) in [4.78, 5) is 0. The third-order valence-corrected chi connectivity index (χ3v) is 2.92. The van der Waals surface area contributed by atoms with Gasteiger partial charge in [0.15, 0.2) is 0 Å². The number of nitrogens with one attached hydrogen (secondary N) is 1. The van der Waals surface area contributed by atoms with E-state index in [1.54, 1.807) is 0 Å². The van der Waals surface area contributed by atoms with E-state index in [1.807, 2.05) is 0 Å². The van der Waals surface area contributed by atoms with Gasteiger partial charge in [0.2, 0.25) is 0 Å². The van der Waals surface area contributed by atoms with Gasteiger partial charge in [0, 0.05) is 6.54 Å². The predicted molar refractivity (Wildman–Crippen MR) is 49.2 cm³/mol. The molecule has 1 saturated heterocycles. The first-order chi connectivity index (χ1) is 5.79. The molecule has 2 rings (SSSR count). The molecule has 1 aliphatic heterocycles. The van der Waals surface area contributed by atoms with Crippen LogP contribution in [-0.2, 0) is 4.74 Å². The van der Waals surface area contributed by atoms with Gasteiger partial charge >= 0.3 is 0 Å². The third kappa shape index (κ3) is 2.20. The minimum atomic E-state index is 0.140. The Hall–Kier alpha value is -0.0800. The van der Waals surface area contributed by atoms with Gasteiger partial charge in [-0.15, -0.1) is 0 Å². The summed E-state index contributed by atoms with van der Waals surface area (Å²) in [6.07, 6.45) is 5.28. The Bertz CT molecular complexity index is 148. The zero-order chi connectivity index (χ0) is 8.44. The molecule has 0 aromatic rings. The molecular weight excluding hydrogens is 150 g/mol. The quantitative estimate of drug-likeness (QED) is 0.692. The van der Waals surface area contributed by atoms with Crippen LogP contribution in [0.25, 0.3) is 0 Å². The van der Waals surface area contributed by atoms with Crippen molar-refractivity contribution in [2.24, 2.45) is 5.92 Å². The van der Waals surface area contributed by atoms with Crippen LogP contribution in [0, 0.1) is 5.92 Å². The Morgan fingerprint density at radius 3 is 2.92 bits per heavy atom. The fourth-order valence-corrected chi connectivity index (χ4v) is 1.76. The second-order valence-corrected chi connectivity index (χ2v) is 4.48. The molecule has 0 amide bonds. The number of hydrogen-bond donors (Lipinski definition) is 1. The minimum Gasteiger partial charge on any atom is -0.374 e. The maximum absolute atomic E-state index is 5.93. The van der Waals surface area contributed by atoms with Gasteiger partial charge in [0.1, 0.15) is 0 Å². The zero-order valence-electron chi connectivity index (χ0n) is 7.94. The molecule has 2 nitrogen and oxygen atoms in total. The van der Waals surface area contributed by atoms with Crippen LogP contribution in [-0.4, -0.2) is 25.3 Å². The molecule has 1 saturated carbocycles. The average molecular weight is 169 g/mol. The van der Waals surface area contributed by atoms with Gasteiger partial charge in [-0.05, 0) is 45.1 Å². The van der Waals surface area contributed by atoms with Gasteiger partial charge in [-0.25, -0.2) is 0 Å². The fraction of sp³-hybridized carbons (Fsp3) is 1.00. The summed E-state index contributed by atoms with van der Waals surface area (Å²) in [7, 11) is 0. The summed E-state index contributed by atoms with van der Waals surface area (Å²) in [6.45, 7) is 5.45. The van der Waals surface area contributed by atoms with Crippen molar-refractivity contribution in [1.82, 2.24) is 5.32 Å². The molecule has 0 aromatic heterocycles. The number of hydrogen-bond acceptors (Lipinski definition) is 2. The van der Waals surface area contributed by atoms with Crippen LogP contribution in [0.1, 0.15) is 32.6 Å². The fourth-order valence-electron chi connectivity index (χ4n) is 1.76. The van der Waals surface area contributed by atoms with Crippen LogP contribution in [0.5, 0.6) is 0 Å². The number of piperidine rings is 1. The lowest BCUT2D eigenvalue weighted by molar-refractivity contribution is -0.0512. The lowest BCUT2D eigenvalue weighted by Crippen LogP contribution is -2.45. The normalized spacial score (nSPS) is 36.8. The highest BCUT2D eigenvalue weighted by Gasteiger charge is 2.30. The molecule has 70 valence electrons. The molecule has 0 bridgehead atoms. The summed E-state index contributed by atoms with van der Waals surface area (Å²) < 4.78 is 5.93. The van der Waals surface area contributed by atoms with Gasteiger partial charge in [0.05, 0.1) is 12.2 Å². The average Bonchev–Trinajstić information content (AvgIpc) is 2.85. The van der Waals surface area contributed by atoms with Crippen LogP contribution in [0.4, 0.5) is 0 Å². The molecule has 0 aromatic carbocycles. The predicted octanol–water partition coefficient (Wildman–Crippen LogP) is 1.56. The van der Waals surface area contributed by atoms with Crippen LogP contribution < -0.4 is 5.32 Å². The van der Waals surface area contributed by atoms with E-state index in [4.69, 9.17) is 4.74 Å². The molecule has 0 radical (unpaired) electrons. The second kappa shape index (κ2) is 3.35. The van der Waals surface area contributed by atoms with Gasteiger partial charge in [0.25, 0.3) is 0 Å². The highest BCUT2D eigenvalue weighted by molar-refractivity contribution is 4.84. The molecule has 1 heterocycles. The summed E-state index contributed by atoms with van der Waals surface area (Å²) in [6, 6.07) is 0. The summed E-state index contributed by atoms with van der Waals surface area (Å²) in [5, 5.41) is 3.39. The van der Waals surface area contributed by atoms with Crippen LogP contribution in [0.3, 0.4) is 0 Å². The van der Waals surface area contributed by atoms with Crippen LogP contribution >= 0.6 is 0 Å². The van der Waals surface area contributed by atoms with Crippen molar-refractivity contribution in [1.29, 1.82) is 0 Å². The molecule has 2 aliphatic rings. The van der Waals surface area contributed by atoms with Crippen molar-refractivity contribution in [3.05, 3.63) is 0 Å². The highest BCUT2D eigenvalue weighted by atomic mass is 16.5. The van der Waals surface area contributed by atoms with E-state index in [0.29, 0.717) is 0 Å². The molecule has 2 heteroatoms. The largest absolute Gasteiger partial charge is 0.374 e. The lowest BCUT2D eigenvalue weighted by atomic mass is 9.96. The maximum atomic E-state index is 5.93. The summed E-state index contributed by atoms with van der Waals surface area (Å²) in [5.74, 6) is 0.892. The van der Waals surface area contributed by atoms with Gasteiger partial charge in [-0.1, -0.05) is 0 Å². The van der Waals surface area contributed by atoms with E-state index in [-0.39, 0.29) is 5.60 Å². The first-order valence-electron chi connectivity index (χ1n) is 5.13. The second-order valence-electron chi connectivity index (χ2n) is 4.48. The Balaban J connectivity index is 1.73. The van der Waals surface area contributed by atoms with Crippen LogP contribution in [0.2, 0.25) is 0 Å². The van der Waals surface area contributed by atoms with Crippen LogP contribution in [0.15, 0.2) is 0 Å². The van der Waals surface area contributed by atoms with Crippen molar-refractivity contribution < 1.29 is 4.74 Å². The summed E-state index contributed by atoms with van der Waals surface area (Å²) >= 11 is 0. The van der Waals surface area contributed by atoms with Gasteiger partial charge in [-0.3, -0.25) is 0 Å². The zero-order valence-corrected chi connectivity index (χ0v) is 7.94. The first-order valence-corrected chi connectivity index (χ1v) is 5.13. The molecule has 0 spiro atoms. The first kappa shape index (κ1) is 8.52. The molecule has 1 atom stereocenters. The van der Waals surface area contributed by atoms with E-state index in [0.717, 1.165) is 19.1 Å². The molecular formula is C10H19NO. The SMILES string of the molecule is CC1(OCC2CC2)CCCNC1. The number of ether oxygens (including phenoxy) is 1. The monoisotopic (exact) mass is 169 g/mol. The molecule has 1 aliphatic carbocycles. The molecule has 12 heavy (non-hydrogen) atoms. The van der Waals surface area contributed by atoms with E-state index in [9.17, 15) is 0 Å². The topological polar surface area (TPSA) is 21.3 Å². The van der Waals surface area contributed by atoms with Crippen molar-refractivity contribution in [2.45, 2.75) is 38.2 Å². The maximum Gasteiger partial charge on any atom is 0.0778 e. The Kier molecular flexibility index (Phi) is 2.37. The molecule has 2 fully saturated rings. The molecule has 1 unspecified atom stereocenters. The Labute approximate surface area is 74.7 Å². The highest BCUT2D eigenvalue weighted by Crippen LogP contribution is 2.31. The van der Waals surface area contributed by atoms with Gasteiger partial charge in [-0.2, -0.15) is 0 Å². The number of rotatable bonds is 3. The Morgan fingerprint density at radius 2 is 2.33 bits per heavy atom. The van der Waals surface area contributed by atoms with Gasteiger partial charge < -0.3 is 10.1 Å². The third-order valence-electron chi connectivity index (χ3n) is 2.92. The lowest BCUT2D eigenvalue weighted by Gasteiger charge is -2.34. The van der Waals surface area contributed by atoms with E-state index >= 15 is 0 Å². The van der Waals surface area contributed by atoms with E-state index < -0.39 is 0 Å². The van der Waals surface area contributed by atoms with Crippen molar-refractivity contribution in [3.63, 3.8) is 0 Å². The van der Waals surface area contributed by atoms with Crippen molar-refractivity contribution >= 4 is 0 Å². The minimum absolute atomic E-state index is 0.140. The Morgan fingerprint density at radius 1 is 1.50 bits per heavy atom. The van der Waals surface area contributed by atoms with E-state index in [1.165, 1.54) is 32.2 Å². The summed E-state index contributed by atoms with van der Waals surface area (Å²) in [5.41, 5.74) is 0.140. The molecule has 1 N–H and O–H groups in total. The van der Waals surface area contributed by atoms with Crippen molar-refractivity contribution in [2.75, 3.05) is 19.7 Å².